The number of benzene rings is 1. The highest BCUT2D eigenvalue weighted by Crippen LogP contribution is 2.21. The van der Waals surface area contributed by atoms with Crippen LogP contribution in [-0.2, 0) is 4.79 Å². The van der Waals surface area contributed by atoms with E-state index in [1.54, 1.807) is 39.2 Å². The summed E-state index contributed by atoms with van der Waals surface area (Å²) in [5.41, 5.74) is 6.80. The highest BCUT2D eigenvalue weighted by atomic mass is 79.9. The van der Waals surface area contributed by atoms with Gasteiger partial charge in [0.25, 0.3) is 5.91 Å². The third-order valence-corrected chi connectivity index (χ3v) is 3.52. The maximum atomic E-state index is 12.2. The fourth-order valence-corrected chi connectivity index (χ4v) is 2.08. The Balaban J connectivity index is 2.76. The van der Waals surface area contributed by atoms with Crippen LogP contribution in [0.2, 0.25) is 0 Å². The molecule has 0 aliphatic rings. The summed E-state index contributed by atoms with van der Waals surface area (Å²) >= 11 is 3.29. The number of amides is 2. The van der Waals surface area contributed by atoms with Gasteiger partial charge < -0.3 is 16.0 Å². The van der Waals surface area contributed by atoms with Crippen molar-refractivity contribution in [3.8, 4) is 0 Å². The van der Waals surface area contributed by atoms with E-state index in [1.165, 1.54) is 4.90 Å². The zero-order chi connectivity index (χ0) is 14.6. The van der Waals surface area contributed by atoms with Crippen molar-refractivity contribution in [2.75, 3.05) is 26.4 Å². The van der Waals surface area contributed by atoms with E-state index < -0.39 is 0 Å². The third kappa shape index (κ3) is 3.96. The number of nitrogens with zero attached hydrogens (tertiary/aromatic N) is 1. The minimum atomic E-state index is -0.254. The second kappa shape index (κ2) is 6.56. The predicted molar refractivity (Wildman–Crippen MR) is 78.7 cm³/mol. The average Bonchev–Trinajstić information content (AvgIpc) is 2.39. The molecule has 0 bridgehead atoms. The molecule has 0 saturated heterocycles. The zero-order valence-electron chi connectivity index (χ0n) is 11.2. The molecule has 0 aliphatic heterocycles. The summed E-state index contributed by atoms with van der Waals surface area (Å²) in [6.45, 7) is 2.14. The second-order valence-corrected chi connectivity index (χ2v) is 5.29. The molecular formula is C13H18BrN3O2. The van der Waals surface area contributed by atoms with Gasteiger partial charge >= 0.3 is 0 Å². The maximum absolute atomic E-state index is 12.2. The van der Waals surface area contributed by atoms with E-state index in [2.05, 4.69) is 21.2 Å². The number of carbonyl (C=O) groups is 2. The average molecular weight is 328 g/mol. The van der Waals surface area contributed by atoms with Gasteiger partial charge in [-0.15, -0.1) is 0 Å². The van der Waals surface area contributed by atoms with Gasteiger partial charge in [0.05, 0.1) is 5.92 Å². The van der Waals surface area contributed by atoms with Gasteiger partial charge in [-0.3, -0.25) is 9.59 Å². The first-order valence-corrected chi connectivity index (χ1v) is 6.68. The van der Waals surface area contributed by atoms with Crippen LogP contribution in [0.1, 0.15) is 17.3 Å². The molecule has 2 amide bonds. The van der Waals surface area contributed by atoms with Crippen LogP contribution in [0.25, 0.3) is 0 Å². The van der Waals surface area contributed by atoms with Crippen LogP contribution < -0.4 is 11.1 Å². The molecule has 1 atom stereocenters. The molecule has 5 nitrogen and oxygen atoms in total. The highest BCUT2D eigenvalue weighted by molar-refractivity contribution is 9.10. The van der Waals surface area contributed by atoms with Crippen molar-refractivity contribution in [2.45, 2.75) is 6.92 Å². The van der Waals surface area contributed by atoms with Crippen LogP contribution in [-0.4, -0.2) is 37.4 Å². The van der Waals surface area contributed by atoms with Gasteiger partial charge in [0.1, 0.15) is 0 Å². The van der Waals surface area contributed by atoms with Crippen LogP contribution in [0.4, 0.5) is 5.69 Å². The lowest BCUT2D eigenvalue weighted by molar-refractivity contribution is -0.124. The molecule has 19 heavy (non-hydrogen) atoms. The van der Waals surface area contributed by atoms with Crippen LogP contribution in [0.15, 0.2) is 22.7 Å². The molecule has 1 rings (SSSR count). The van der Waals surface area contributed by atoms with E-state index in [-0.39, 0.29) is 17.7 Å². The van der Waals surface area contributed by atoms with Crippen LogP contribution >= 0.6 is 15.9 Å². The second-order valence-electron chi connectivity index (χ2n) is 4.44. The smallest absolute Gasteiger partial charge is 0.253 e. The van der Waals surface area contributed by atoms with Crippen molar-refractivity contribution in [1.82, 2.24) is 10.2 Å². The minimum Gasteiger partial charge on any atom is -0.398 e. The number of hydrogen-bond donors (Lipinski definition) is 2. The van der Waals surface area contributed by atoms with Crippen molar-refractivity contribution in [2.24, 2.45) is 5.92 Å². The van der Waals surface area contributed by atoms with E-state index in [4.69, 9.17) is 5.73 Å². The number of nitrogens with one attached hydrogen (secondary N) is 1. The summed E-state index contributed by atoms with van der Waals surface area (Å²) in [5, 5.41) is 2.56. The molecule has 0 aliphatic carbocycles. The Morgan fingerprint density at radius 1 is 1.47 bits per heavy atom. The number of nitrogen functional groups attached to an aromatic ring is 1. The molecule has 1 aromatic rings. The first kappa shape index (κ1) is 15.5. The first-order valence-electron chi connectivity index (χ1n) is 5.89. The Bertz CT molecular complexity index is 491. The Morgan fingerprint density at radius 3 is 2.63 bits per heavy atom. The number of halogens is 1. The lowest BCUT2D eigenvalue weighted by atomic mass is 10.1. The molecule has 1 unspecified atom stereocenters. The SMILES string of the molecule is CNC(=O)C(C)CN(C)C(=O)c1ccc(N)c(Br)c1. The monoisotopic (exact) mass is 327 g/mol. The quantitative estimate of drug-likeness (QED) is 0.822. The fourth-order valence-electron chi connectivity index (χ4n) is 1.70. The van der Waals surface area contributed by atoms with Crippen LogP contribution in [0, 0.1) is 5.92 Å². The number of rotatable bonds is 4. The summed E-state index contributed by atoms with van der Waals surface area (Å²) in [6, 6.07) is 5.02. The Morgan fingerprint density at radius 2 is 2.11 bits per heavy atom. The number of carbonyl (C=O) groups excluding carboxylic acids is 2. The summed E-state index contributed by atoms with van der Waals surface area (Å²) in [4.78, 5) is 25.1. The summed E-state index contributed by atoms with van der Waals surface area (Å²) in [5.74, 6) is -0.481. The van der Waals surface area contributed by atoms with Gasteiger partial charge in [-0.05, 0) is 34.1 Å². The van der Waals surface area contributed by atoms with Crippen molar-refractivity contribution in [3.63, 3.8) is 0 Å². The first-order chi connectivity index (χ1) is 8.86. The minimum absolute atomic E-state index is 0.0851. The van der Waals surface area contributed by atoms with Gasteiger partial charge in [0.2, 0.25) is 5.91 Å². The molecule has 1 aromatic carbocycles. The van der Waals surface area contributed by atoms with Gasteiger partial charge in [0.15, 0.2) is 0 Å². The van der Waals surface area contributed by atoms with E-state index in [9.17, 15) is 9.59 Å². The van der Waals surface area contributed by atoms with E-state index in [0.717, 1.165) is 0 Å². The molecule has 0 spiro atoms. The van der Waals surface area contributed by atoms with Crippen molar-refractivity contribution < 1.29 is 9.59 Å². The van der Waals surface area contributed by atoms with Crippen LogP contribution in [0.3, 0.4) is 0 Å². The number of nitrogens with two attached hydrogens (primary N) is 1. The molecule has 0 fully saturated rings. The Labute approximate surface area is 121 Å². The van der Waals surface area contributed by atoms with Gasteiger partial charge in [0, 0.05) is 36.4 Å². The van der Waals surface area contributed by atoms with Crippen LogP contribution in [0.5, 0.6) is 0 Å². The normalized spacial score (nSPS) is 11.8. The lowest BCUT2D eigenvalue weighted by Crippen LogP contribution is -2.37. The molecule has 104 valence electrons. The Kier molecular flexibility index (Phi) is 5.35. The van der Waals surface area contributed by atoms with Crippen molar-refractivity contribution in [3.05, 3.63) is 28.2 Å². The van der Waals surface area contributed by atoms with Gasteiger partial charge in [-0.25, -0.2) is 0 Å². The largest absolute Gasteiger partial charge is 0.398 e. The van der Waals surface area contributed by atoms with E-state index in [1.807, 2.05) is 0 Å². The maximum Gasteiger partial charge on any atom is 0.253 e. The lowest BCUT2D eigenvalue weighted by Gasteiger charge is -2.21. The molecule has 6 heteroatoms. The van der Waals surface area contributed by atoms with Crippen molar-refractivity contribution >= 4 is 33.4 Å². The van der Waals surface area contributed by atoms with E-state index >= 15 is 0 Å². The summed E-state index contributed by atoms with van der Waals surface area (Å²) in [7, 11) is 3.25. The third-order valence-electron chi connectivity index (χ3n) is 2.84. The molecule has 0 saturated carbocycles. The standard InChI is InChI=1S/C13H18BrN3O2/c1-8(12(18)16-2)7-17(3)13(19)9-4-5-11(15)10(14)6-9/h4-6,8H,7,15H2,1-3H3,(H,16,18). The molecular weight excluding hydrogens is 310 g/mol. The fraction of sp³-hybridized carbons (Fsp3) is 0.385. The Hall–Kier alpha value is -1.56. The summed E-state index contributed by atoms with van der Waals surface area (Å²) < 4.78 is 0.686. The summed E-state index contributed by atoms with van der Waals surface area (Å²) in [6.07, 6.45) is 0. The van der Waals surface area contributed by atoms with Gasteiger partial charge in [-0.1, -0.05) is 6.92 Å². The highest BCUT2D eigenvalue weighted by Gasteiger charge is 2.18. The number of anilines is 1. The topological polar surface area (TPSA) is 75.4 Å². The zero-order valence-corrected chi connectivity index (χ0v) is 12.8. The van der Waals surface area contributed by atoms with E-state index in [0.29, 0.717) is 22.3 Å². The van der Waals surface area contributed by atoms with Crippen molar-refractivity contribution in [1.29, 1.82) is 0 Å². The van der Waals surface area contributed by atoms with Gasteiger partial charge in [-0.2, -0.15) is 0 Å². The molecule has 0 heterocycles. The molecule has 0 aromatic heterocycles. The molecule has 0 radical (unpaired) electrons. The number of hydrogen-bond acceptors (Lipinski definition) is 3. The predicted octanol–water partition coefficient (Wildman–Crippen LogP) is 1.49. The molecule has 3 N–H and O–H groups in total.